The fraction of sp³-hybridized carbons (Fsp3) is 0.200. The van der Waals surface area contributed by atoms with E-state index in [2.05, 4.69) is 85.6 Å². The van der Waals surface area contributed by atoms with Crippen LogP contribution in [0.1, 0.15) is 0 Å². The Hall–Kier alpha value is -0.281. The number of hydrogen-bond donors (Lipinski definition) is 0. The standard InChI is InChI=1S/3C5H5.BrH.Sn/c3*1-2-4-5-3-1;;/h3*1-5H;1H;/q;;;;+1/p-1. The zero-order valence-corrected chi connectivity index (χ0v) is 14.0. The van der Waals surface area contributed by atoms with Crippen LogP contribution in [0.2, 0.25) is 11.8 Å². The van der Waals surface area contributed by atoms with Crippen molar-refractivity contribution >= 4 is 28.9 Å². The van der Waals surface area contributed by atoms with Gasteiger partial charge in [0.15, 0.2) is 0 Å². The van der Waals surface area contributed by atoms with Crippen molar-refractivity contribution in [3.8, 4) is 0 Å². The fourth-order valence-electron chi connectivity index (χ4n) is 2.85. The van der Waals surface area contributed by atoms with Gasteiger partial charge in [0, 0.05) is 0 Å². The van der Waals surface area contributed by atoms with Crippen molar-refractivity contribution in [1.82, 2.24) is 0 Å². The Balaban J connectivity index is 1.99. The number of hydrogen-bond acceptors (Lipinski definition) is 0. The molecule has 0 unspecified atom stereocenters. The van der Waals surface area contributed by atoms with Crippen molar-refractivity contribution in [1.29, 1.82) is 0 Å². The van der Waals surface area contributed by atoms with Crippen molar-refractivity contribution in [3.63, 3.8) is 0 Å². The molecule has 0 heterocycles. The molecule has 0 aromatic carbocycles. The monoisotopic (exact) mass is 394 g/mol. The quantitative estimate of drug-likeness (QED) is 0.603. The second-order valence-electron chi connectivity index (χ2n) is 4.71. The van der Waals surface area contributed by atoms with Crippen molar-refractivity contribution in [3.05, 3.63) is 72.9 Å². The van der Waals surface area contributed by atoms with E-state index in [0.29, 0.717) is 11.8 Å². The predicted molar refractivity (Wildman–Crippen MR) is 80.8 cm³/mol. The first-order chi connectivity index (χ1) is 8.32. The summed E-state index contributed by atoms with van der Waals surface area (Å²) in [4.78, 5) is 0. The third kappa shape index (κ3) is 1.97. The van der Waals surface area contributed by atoms with E-state index in [1.54, 1.807) is 0 Å². The van der Waals surface area contributed by atoms with Crippen LogP contribution in [0.4, 0.5) is 0 Å². The fourth-order valence-corrected chi connectivity index (χ4v) is 19.7. The minimum atomic E-state index is -2.52. The summed E-state index contributed by atoms with van der Waals surface area (Å²) < 4.78 is 1.96. The van der Waals surface area contributed by atoms with Crippen LogP contribution in [0.5, 0.6) is 0 Å². The molecule has 0 aliphatic heterocycles. The number of halogens is 1. The zero-order chi connectivity index (χ0) is 11.7. The van der Waals surface area contributed by atoms with Crippen molar-refractivity contribution in [2.45, 2.75) is 11.8 Å². The molecule has 0 aromatic rings. The summed E-state index contributed by atoms with van der Waals surface area (Å²) in [5.41, 5.74) is 0. The average Bonchev–Trinajstić information content (AvgIpc) is 3.10. The summed E-state index contributed by atoms with van der Waals surface area (Å²) in [6.07, 6.45) is 27.5. The molecule has 0 fully saturated rings. The molecule has 3 rings (SSSR count). The molecule has 86 valence electrons. The molecule has 0 saturated heterocycles. The van der Waals surface area contributed by atoms with Crippen LogP contribution in [-0.2, 0) is 0 Å². The van der Waals surface area contributed by atoms with E-state index >= 15 is 0 Å². The molecule has 0 N–H and O–H groups in total. The Morgan fingerprint density at radius 3 is 1.00 bits per heavy atom. The summed E-state index contributed by atoms with van der Waals surface area (Å²) in [7, 11) is 0. The van der Waals surface area contributed by atoms with Gasteiger partial charge in [-0.1, -0.05) is 0 Å². The molecular formula is C15H15BrSn. The normalized spacial score (nSPS) is 23.8. The Morgan fingerprint density at radius 2 is 0.765 bits per heavy atom. The predicted octanol–water partition coefficient (Wildman–Crippen LogP) is 4.82. The molecule has 0 radical (unpaired) electrons. The van der Waals surface area contributed by atoms with Crippen molar-refractivity contribution < 1.29 is 0 Å². The summed E-state index contributed by atoms with van der Waals surface area (Å²) in [5.74, 6) is 0. The van der Waals surface area contributed by atoms with Gasteiger partial charge in [-0.2, -0.15) is 0 Å². The summed E-state index contributed by atoms with van der Waals surface area (Å²) in [5, 5.41) is 0. The van der Waals surface area contributed by atoms with Crippen molar-refractivity contribution in [2.24, 2.45) is 0 Å². The first kappa shape index (κ1) is 11.8. The van der Waals surface area contributed by atoms with Gasteiger partial charge in [0.25, 0.3) is 0 Å². The van der Waals surface area contributed by atoms with E-state index < -0.39 is 16.2 Å². The van der Waals surface area contributed by atoms with E-state index in [9.17, 15) is 0 Å². The summed E-state index contributed by atoms with van der Waals surface area (Å²) in [6.45, 7) is 0. The molecule has 3 aliphatic carbocycles. The Kier molecular flexibility index (Phi) is 3.31. The third-order valence-corrected chi connectivity index (χ3v) is 26.5. The van der Waals surface area contributed by atoms with Crippen LogP contribution in [0.25, 0.3) is 0 Å². The van der Waals surface area contributed by atoms with Crippen LogP contribution < -0.4 is 0 Å². The van der Waals surface area contributed by atoms with Crippen LogP contribution in [0, 0.1) is 0 Å². The molecule has 0 saturated carbocycles. The molecule has 0 amide bonds. The van der Waals surface area contributed by atoms with Gasteiger partial charge in [0.2, 0.25) is 0 Å². The first-order valence-corrected chi connectivity index (χ1v) is 17.4. The van der Waals surface area contributed by atoms with Crippen LogP contribution in [0.15, 0.2) is 72.9 Å². The van der Waals surface area contributed by atoms with Gasteiger partial charge >= 0.3 is 114 Å². The number of rotatable bonds is 3. The molecule has 2 heteroatoms. The van der Waals surface area contributed by atoms with Crippen LogP contribution in [-0.4, -0.2) is 16.2 Å². The van der Waals surface area contributed by atoms with E-state index in [0.717, 1.165) is 0 Å². The van der Waals surface area contributed by atoms with E-state index in [1.165, 1.54) is 0 Å². The van der Waals surface area contributed by atoms with E-state index in [-0.39, 0.29) is 0 Å². The zero-order valence-electron chi connectivity index (χ0n) is 9.54. The molecule has 0 nitrogen and oxygen atoms in total. The van der Waals surface area contributed by atoms with Gasteiger partial charge in [-0.3, -0.25) is 0 Å². The summed E-state index contributed by atoms with van der Waals surface area (Å²) in [6, 6.07) is 0. The second-order valence-corrected chi connectivity index (χ2v) is 24.4. The van der Waals surface area contributed by atoms with Crippen LogP contribution >= 0.6 is 12.7 Å². The Bertz CT molecular complexity index is 374. The van der Waals surface area contributed by atoms with Gasteiger partial charge in [-0.15, -0.1) is 0 Å². The first-order valence-electron chi connectivity index (χ1n) is 6.06. The molecule has 0 atom stereocenters. The molecule has 17 heavy (non-hydrogen) atoms. The Labute approximate surface area is 113 Å². The third-order valence-electron chi connectivity index (χ3n) is 3.78. The molecular weight excluding hydrogens is 379 g/mol. The SMILES string of the molecule is [Br][Sn]([CH]1C=CC=C1)([CH]1C=CC=C1)[CH]1C=CC=C1. The van der Waals surface area contributed by atoms with Crippen molar-refractivity contribution in [2.75, 3.05) is 0 Å². The minimum absolute atomic E-state index is 0.652. The topological polar surface area (TPSA) is 0 Å². The maximum atomic E-state index is 4.27. The number of allylic oxidation sites excluding steroid dienone is 12. The molecule has 0 aromatic heterocycles. The van der Waals surface area contributed by atoms with E-state index in [1.807, 2.05) is 0 Å². The maximum absolute atomic E-state index is 4.27. The van der Waals surface area contributed by atoms with Gasteiger partial charge in [0.1, 0.15) is 0 Å². The summed E-state index contributed by atoms with van der Waals surface area (Å²) >= 11 is 1.74. The molecule has 0 spiro atoms. The molecule has 0 bridgehead atoms. The van der Waals surface area contributed by atoms with Gasteiger partial charge in [0.05, 0.1) is 0 Å². The van der Waals surface area contributed by atoms with E-state index in [4.69, 9.17) is 0 Å². The van der Waals surface area contributed by atoms with Gasteiger partial charge < -0.3 is 0 Å². The van der Waals surface area contributed by atoms with Gasteiger partial charge in [-0.05, 0) is 0 Å². The Morgan fingerprint density at radius 1 is 0.529 bits per heavy atom. The van der Waals surface area contributed by atoms with Crippen LogP contribution in [0.3, 0.4) is 0 Å². The molecule has 3 aliphatic rings. The van der Waals surface area contributed by atoms with Gasteiger partial charge in [-0.25, -0.2) is 0 Å². The second kappa shape index (κ2) is 4.77. The average molecular weight is 394 g/mol.